The molecule has 0 aromatic heterocycles. The molecule has 0 radical (unpaired) electrons. The van der Waals surface area contributed by atoms with Gasteiger partial charge in [-0.05, 0) is 32.1 Å². The Balaban J connectivity index is 2.30. The van der Waals surface area contributed by atoms with E-state index in [9.17, 15) is 24.9 Å². The zero-order valence-corrected chi connectivity index (χ0v) is 12.3. The van der Waals surface area contributed by atoms with E-state index in [0.29, 0.717) is 0 Å². The van der Waals surface area contributed by atoms with Crippen LogP contribution in [0.4, 0.5) is 5.69 Å². The van der Waals surface area contributed by atoms with E-state index in [1.54, 1.807) is 26.0 Å². The van der Waals surface area contributed by atoms with Crippen LogP contribution in [0.1, 0.15) is 24.2 Å². The Hall–Kier alpha value is -3.09. The van der Waals surface area contributed by atoms with Crippen molar-refractivity contribution in [2.75, 3.05) is 0 Å². The van der Waals surface area contributed by atoms with Gasteiger partial charge in [0.15, 0.2) is 11.5 Å². The van der Waals surface area contributed by atoms with Crippen LogP contribution >= 0.6 is 0 Å². The molecule has 0 atom stereocenters. The van der Waals surface area contributed by atoms with Gasteiger partial charge in [-0.15, -0.1) is 0 Å². The molecule has 1 aromatic rings. The number of carboxylic acid groups (broad SMARTS) is 2. The Morgan fingerprint density at radius 2 is 1.87 bits per heavy atom. The standard InChI is InChI=1S/C16H13NO6/c1-16(2)6-9-12(10(13(16)18)15(21)22)17-11-7(14(19)20)4-3-5-8(11)23-9/h3-6,18H,1-2H3,(H,19,20)(H,21,22). The number of aliphatic imine (C=N–C) groups is 1. The zero-order chi connectivity index (χ0) is 16.9. The van der Waals surface area contributed by atoms with Gasteiger partial charge in [0, 0.05) is 5.41 Å². The number of benzene rings is 1. The summed E-state index contributed by atoms with van der Waals surface area (Å²) < 4.78 is 5.65. The first kappa shape index (κ1) is 14.8. The maximum Gasteiger partial charge on any atom is 0.341 e. The Morgan fingerprint density at radius 3 is 2.48 bits per heavy atom. The first-order valence-electron chi connectivity index (χ1n) is 6.76. The molecule has 2 aliphatic rings. The molecule has 0 saturated carbocycles. The largest absolute Gasteiger partial charge is 0.510 e. The fraction of sp³-hybridized carbons (Fsp3) is 0.188. The van der Waals surface area contributed by atoms with Crippen molar-refractivity contribution in [3.8, 4) is 5.75 Å². The Kier molecular flexibility index (Phi) is 3.03. The molecule has 0 fully saturated rings. The fourth-order valence-electron chi connectivity index (χ4n) is 2.54. The number of rotatable bonds is 2. The molecule has 3 rings (SSSR count). The molecule has 0 spiro atoms. The highest BCUT2D eigenvalue weighted by Crippen LogP contribution is 2.43. The van der Waals surface area contributed by atoms with Crippen molar-refractivity contribution in [3.05, 3.63) is 46.9 Å². The van der Waals surface area contributed by atoms with Crippen LogP contribution in [0, 0.1) is 5.41 Å². The minimum absolute atomic E-state index is 0.0263. The zero-order valence-electron chi connectivity index (χ0n) is 12.3. The molecule has 3 N–H and O–H groups in total. The van der Waals surface area contributed by atoms with Gasteiger partial charge in [0.05, 0.1) is 5.56 Å². The summed E-state index contributed by atoms with van der Waals surface area (Å²) in [5, 5.41) is 28.9. The number of aliphatic hydroxyl groups is 1. The van der Waals surface area contributed by atoms with E-state index in [1.807, 2.05) is 0 Å². The number of aromatic carboxylic acids is 1. The van der Waals surface area contributed by atoms with Crippen LogP contribution in [0.5, 0.6) is 5.75 Å². The van der Waals surface area contributed by atoms with Gasteiger partial charge in [0.2, 0.25) is 0 Å². The van der Waals surface area contributed by atoms with Gasteiger partial charge >= 0.3 is 11.9 Å². The maximum atomic E-state index is 11.5. The summed E-state index contributed by atoms with van der Waals surface area (Å²) in [4.78, 5) is 27.0. The average Bonchev–Trinajstić information content (AvgIpc) is 2.45. The summed E-state index contributed by atoms with van der Waals surface area (Å²) in [6, 6.07) is 4.41. The summed E-state index contributed by atoms with van der Waals surface area (Å²) in [6.45, 7) is 3.28. The lowest BCUT2D eigenvalue weighted by Crippen LogP contribution is -2.32. The number of aliphatic hydroxyl groups excluding tert-OH is 1. The summed E-state index contributed by atoms with van der Waals surface area (Å²) in [7, 11) is 0. The SMILES string of the molecule is CC1(C)C=C2Oc3cccc(C(=O)O)c3N=C2C(C(=O)O)=C1O. The van der Waals surface area contributed by atoms with Crippen molar-refractivity contribution >= 4 is 23.3 Å². The molecule has 1 aliphatic heterocycles. The molecular formula is C16H13NO6. The maximum absolute atomic E-state index is 11.5. The van der Waals surface area contributed by atoms with Crippen LogP contribution in [0.15, 0.2) is 46.4 Å². The van der Waals surface area contributed by atoms with Crippen LogP contribution in [0.3, 0.4) is 0 Å². The number of ether oxygens (including phenoxy) is 1. The van der Waals surface area contributed by atoms with Gasteiger partial charge in [-0.3, -0.25) is 0 Å². The molecule has 7 nitrogen and oxygen atoms in total. The summed E-state index contributed by atoms with van der Waals surface area (Å²) in [5.41, 5.74) is -1.50. The van der Waals surface area contributed by atoms with Crippen LogP contribution in [-0.2, 0) is 4.79 Å². The average molecular weight is 315 g/mol. The molecule has 1 aromatic carbocycles. The normalized spacial score (nSPS) is 18.2. The highest BCUT2D eigenvalue weighted by molar-refractivity contribution is 6.28. The van der Waals surface area contributed by atoms with E-state index in [-0.39, 0.29) is 34.2 Å². The first-order valence-corrected chi connectivity index (χ1v) is 6.76. The Morgan fingerprint density at radius 1 is 1.17 bits per heavy atom. The molecule has 23 heavy (non-hydrogen) atoms. The minimum Gasteiger partial charge on any atom is -0.510 e. The van der Waals surface area contributed by atoms with Crippen LogP contribution in [-0.4, -0.2) is 33.0 Å². The predicted octanol–water partition coefficient (Wildman–Crippen LogP) is 2.67. The van der Waals surface area contributed by atoms with Crippen molar-refractivity contribution in [3.63, 3.8) is 0 Å². The molecule has 1 aliphatic carbocycles. The van der Waals surface area contributed by atoms with Gasteiger partial charge in [0.1, 0.15) is 22.7 Å². The number of hydrogen-bond acceptors (Lipinski definition) is 5. The third kappa shape index (κ3) is 2.17. The summed E-state index contributed by atoms with van der Waals surface area (Å²) in [5.74, 6) is -2.52. The molecule has 7 heteroatoms. The Labute approximate surface area is 130 Å². The number of allylic oxidation sites excluding steroid dienone is 2. The number of hydrogen-bond donors (Lipinski definition) is 3. The second-order valence-electron chi connectivity index (χ2n) is 5.78. The summed E-state index contributed by atoms with van der Waals surface area (Å²) >= 11 is 0. The number of para-hydroxylation sites is 1. The highest BCUT2D eigenvalue weighted by Gasteiger charge is 2.40. The van der Waals surface area contributed by atoms with E-state index in [1.165, 1.54) is 12.1 Å². The molecule has 0 saturated heterocycles. The van der Waals surface area contributed by atoms with Crippen LogP contribution in [0.2, 0.25) is 0 Å². The fourth-order valence-corrected chi connectivity index (χ4v) is 2.54. The van der Waals surface area contributed by atoms with Gasteiger partial charge < -0.3 is 20.1 Å². The van der Waals surface area contributed by atoms with Crippen molar-refractivity contribution in [2.24, 2.45) is 10.4 Å². The third-order valence-electron chi connectivity index (χ3n) is 3.70. The third-order valence-corrected chi connectivity index (χ3v) is 3.70. The first-order chi connectivity index (χ1) is 10.7. The number of nitrogens with zero attached hydrogens (tertiary/aromatic N) is 1. The summed E-state index contributed by atoms with van der Waals surface area (Å²) in [6.07, 6.45) is 1.56. The predicted molar refractivity (Wildman–Crippen MR) is 80.3 cm³/mol. The van der Waals surface area contributed by atoms with E-state index in [0.717, 1.165) is 0 Å². The van der Waals surface area contributed by atoms with Crippen molar-refractivity contribution in [2.45, 2.75) is 13.8 Å². The van der Waals surface area contributed by atoms with E-state index in [4.69, 9.17) is 4.74 Å². The second-order valence-corrected chi connectivity index (χ2v) is 5.78. The van der Waals surface area contributed by atoms with Crippen molar-refractivity contribution < 1.29 is 29.6 Å². The van der Waals surface area contributed by atoms with E-state index < -0.39 is 22.9 Å². The molecule has 1 heterocycles. The lowest BCUT2D eigenvalue weighted by molar-refractivity contribution is -0.132. The molecule has 118 valence electrons. The van der Waals surface area contributed by atoms with E-state index >= 15 is 0 Å². The van der Waals surface area contributed by atoms with Crippen molar-refractivity contribution in [1.82, 2.24) is 0 Å². The number of aliphatic carboxylic acids is 1. The molecule has 0 bridgehead atoms. The van der Waals surface area contributed by atoms with Crippen LogP contribution < -0.4 is 4.74 Å². The van der Waals surface area contributed by atoms with Gasteiger partial charge in [0.25, 0.3) is 0 Å². The lowest BCUT2D eigenvalue weighted by atomic mass is 9.81. The monoisotopic (exact) mass is 315 g/mol. The minimum atomic E-state index is -1.36. The van der Waals surface area contributed by atoms with Gasteiger partial charge in [-0.25, -0.2) is 14.6 Å². The number of fused-ring (bicyclic) bond motifs is 2. The second kappa shape index (κ2) is 4.70. The van der Waals surface area contributed by atoms with E-state index in [2.05, 4.69) is 4.99 Å². The molecule has 0 unspecified atom stereocenters. The van der Waals surface area contributed by atoms with Crippen LogP contribution in [0.25, 0.3) is 0 Å². The Bertz CT molecular complexity index is 844. The number of carbonyl (C=O) groups is 2. The topological polar surface area (TPSA) is 116 Å². The van der Waals surface area contributed by atoms with Gasteiger partial charge in [-0.2, -0.15) is 0 Å². The highest BCUT2D eigenvalue weighted by atomic mass is 16.5. The smallest absolute Gasteiger partial charge is 0.341 e. The molecule has 0 amide bonds. The number of carboxylic acids is 2. The quantitative estimate of drug-likeness (QED) is 0.772. The molecular weight excluding hydrogens is 302 g/mol. The lowest BCUT2D eigenvalue weighted by Gasteiger charge is -2.31. The van der Waals surface area contributed by atoms with Crippen molar-refractivity contribution in [1.29, 1.82) is 0 Å². The van der Waals surface area contributed by atoms with Gasteiger partial charge in [-0.1, -0.05) is 6.07 Å².